The molecular formula is C14H19N3OS. The van der Waals surface area contributed by atoms with E-state index in [9.17, 15) is 0 Å². The molecule has 0 saturated heterocycles. The summed E-state index contributed by atoms with van der Waals surface area (Å²) in [6.45, 7) is 5.77. The van der Waals surface area contributed by atoms with E-state index in [1.54, 1.807) is 17.5 Å². The first kappa shape index (κ1) is 13.8. The topological polar surface area (TPSA) is 47.0 Å². The normalized spacial score (nSPS) is 10.4. The lowest BCUT2D eigenvalue weighted by Crippen LogP contribution is -2.03. The average Bonchev–Trinajstić information content (AvgIpc) is 2.83. The van der Waals surface area contributed by atoms with Crippen LogP contribution in [0.3, 0.4) is 0 Å². The van der Waals surface area contributed by atoms with Crippen LogP contribution >= 0.6 is 11.3 Å². The second kappa shape index (κ2) is 7.09. The molecule has 2 aromatic heterocycles. The minimum atomic E-state index is 0.655. The molecule has 0 unspecified atom stereocenters. The molecule has 0 aliphatic rings. The van der Waals surface area contributed by atoms with Crippen molar-refractivity contribution in [1.29, 1.82) is 0 Å². The van der Waals surface area contributed by atoms with Crippen molar-refractivity contribution in [2.24, 2.45) is 0 Å². The number of anilines is 1. The van der Waals surface area contributed by atoms with Crippen molar-refractivity contribution in [2.45, 2.75) is 26.7 Å². The second-order valence-electron chi connectivity index (χ2n) is 4.30. The summed E-state index contributed by atoms with van der Waals surface area (Å²) in [6, 6.07) is 1.99. The molecule has 0 aliphatic carbocycles. The maximum absolute atomic E-state index is 5.73. The molecule has 0 aromatic carbocycles. The molecule has 0 saturated carbocycles. The van der Waals surface area contributed by atoms with Gasteiger partial charge in [0.15, 0.2) is 0 Å². The fourth-order valence-corrected chi connectivity index (χ4v) is 2.45. The zero-order chi connectivity index (χ0) is 13.5. The summed E-state index contributed by atoms with van der Waals surface area (Å²) in [7, 11) is 0. The number of nitrogens with zero attached hydrogens (tertiary/aromatic N) is 2. The van der Waals surface area contributed by atoms with E-state index in [1.807, 2.05) is 24.7 Å². The summed E-state index contributed by atoms with van der Waals surface area (Å²) in [5.74, 6) is 0.809. The van der Waals surface area contributed by atoms with Crippen molar-refractivity contribution in [3.8, 4) is 5.75 Å². The average molecular weight is 277 g/mol. The van der Waals surface area contributed by atoms with Gasteiger partial charge in [0.25, 0.3) is 0 Å². The number of ether oxygens (including phenoxy) is 1. The third kappa shape index (κ3) is 4.21. The summed E-state index contributed by atoms with van der Waals surface area (Å²) in [4.78, 5) is 9.69. The molecule has 4 nitrogen and oxygen atoms in total. The fourth-order valence-electron chi connectivity index (χ4n) is 1.69. The van der Waals surface area contributed by atoms with Gasteiger partial charge in [-0.1, -0.05) is 6.92 Å². The molecule has 5 heteroatoms. The van der Waals surface area contributed by atoms with Crippen LogP contribution in [-0.4, -0.2) is 23.1 Å². The minimum Gasteiger partial charge on any atom is -0.492 e. The van der Waals surface area contributed by atoms with Crippen molar-refractivity contribution >= 4 is 17.0 Å². The van der Waals surface area contributed by atoms with Crippen LogP contribution in [0.25, 0.3) is 0 Å². The lowest BCUT2D eigenvalue weighted by Gasteiger charge is -2.08. The Morgan fingerprint density at radius 2 is 2.26 bits per heavy atom. The molecule has 0 aliphatic heterocycles. The smallest absolute Gasteiger partial charge is 0.139 e. The predicted molar refractivity (Wildman–Crippen MR) is 79.1 cm³/mol. The Hall–Kier alpha value is -1.62. The van der Waals surface area contributed by atoms with Crippen LogP contribution in [0.2, 0.25) is 0 Å². The zero-order valence-corrected chi connectivity index (χ0v) is 12.2. The van der Waals surface area contributed by atoms with E-state index >= 15 is 0 Å². The monoisotopic (exact) mass is 277 g/mol. The highest BCUT2D eigenvalue weighted by molar-refractivity contribution is 7.09. The summed E-state index contributed by atoms with van der Waals surface area (Å²) >= 11 is 1.68. The SMILES string of the molecule is CCCNc1cncc(OCCc2scnc2C)c1. The van der Waals surface area contributed by atoms with E-state index in [2.05, 4.69) is 22.2 Å². The zero-order valence-electron chi connectivity index (χ0n) is 11.3. The van der Waals surface area contributed by atoms with Crippen LogP contribution in [0.1, 0.15) is 23.9 Å². The lowest BCUT2D eigenvalue weighted by molar-refractivity contribution is 0.321. The van der Waals surface area contributed by atoms with Crippen LogP contribution in [0, 0.1) is 6.92 Å². The molecule has 102 valence electrons. The Morgan fingerprint density at radius 3 is 3.00 bits per heavy atom. The maximum atomic E-state index is 5.73. The number of hydrogen-bond donors (Lipinski definition) is 1. The van der Waals surface area contributed by atoms with Gasteiger partial charge in [-0.3, -0.25) is 4.98 Å². The first-order chi connectivity index (χ1) is 9.29. The summed E-state index contributed by atoms with van der Waals surface area (Å²) < 4.78 is 5.73. The minimum absolute atomic E-state index is 0.655. The third-order valence-corrected chi connectivity index (χ3v) is 3.73. The van der Waals surface area contributed by atoms with Gasteiger partial charge in [-0.05, 0) is 13.3 Å². The van der Waals surface area contributed by atoms with Crippen LogP contribution in [0.4, 0.5) is 5.69 Å². The van der Waals surface area contributed by atoms with Gasteiger partial charge in [-0.2, -0.15) is 0 Å². The lowest BCUT2D eigenvalue weighted by atomic mass is 10.3. The Bertz CT molecular complexity index is 513. The first-order valence-electron chi connectivity index (χ1n) is 6.50. The largest absolute Gasteiger partial charge is 0.492 e. The molecule has 2 rings (SSSR count). The van der Waals surface area contributed by atoms with Gasteiger partial charge < -0.3 is 10.1 Å². The molecule has 2 aromatic rings. The van der Waals surface area contributed by atoms with Crippen LogP contribution in [-0.2, 0) is 6.42 Å². The highest BCUT2D eigenvalue weighted by Crippen LogP contribution is 2.17. The highest BCUT2D eigenvalue weighted by Gasteiger charge is 2.02. The molecule has 0 amide bonds. The van der Waals surface area contributed by atoms with Gasteiger partial charge >= 0.3 is 0 Å². The molecular weight excluding hydrogens is 258 g/mol. The quantitative estimate of drug-likeness (QED) is 0.843. The number of pyridine rings is 1. The molecule has 0 spiro atoms. The van der Waals surface area contributed by atoms with Gasteiger partial charge in [-0.15, -0.1) is 11.3 Å². The van der Waals surface area contributed by atoms with E-state index in [-0.39, 0.29) is 0 Å². The standard InChI is InChI=1S/C14H19N3OS/c1-3-5-16-12-7-13(9-15-8-12)18-6-4-14-11(2)17-10-19-14/h7-10,16H,3-6H2,1-2H3. The number of aryl methyl sites for hydroxylation is 1. The Balaban J connectivity index is 1.84. The summed E-state index contributed by atoms with van der Waals surface area (Å²) in [5.41, 5.74) is 3.99. The third-order valence-electron chi connectivity index (χ3n) is 2.73. The van der Waals surface area contributed by atoms with Crippen molar-refractivity contribution < 1.29 is 4.74 Å². The van der Waals surface area contributed by atoms with E-state index in [4.69, 9.17) is 4.74 Å². The van der Waals surface area contributed by atoms with Gasteiger partial charge in [-0.25, -0.2) is 4.98 Å². The number of nitrogens with one attached hydrogen (secondary N) is 1. The number of rotatable bonds is 7. The maximum Gasteiger partial charge on any atom is 0.139 e. The van der Waals surface area contributed by atoms with E-state index in [0.717, 1.165) is 36.5 Å². The fraction of sp³-hybridized carbons (Fsp3) is 0.429. The van der Waals surface area contributed by atoms with Crippen molar-refractivity contribution in [3.05, 3.63) is 34.5 Å². The van der Waals surface area contributed by atoms with Crippen LogP contribution < -0.4 is 10.1 Å². The molecule has 19 heavy (non-hydrogen) atoms. The molecule has 0 radical (unpaired) electrons. The summed E-state index contributed by atoms with van der Waals surface area (Å²) in [6.07, 6.45) is 5.55. The van der Waals surface area contributed by atoms with Crippen molar-refractivity contribution in [2.75, 3.05) is 18.5 Å². The van der Waals surface area contributed by atoms with E-state index < -0.39 is 0 Å². The molecule has 0 bridgehead atoms. The Morgan fingerprint density at radius 1 is 1.37 bits per heavy atom. The number of thiazole rings is 1. The number of aromatic nitrogens is 2. The van der Waals surface area contributed by atoms with Gasteiger partial charge in [0.1, 0.15) is 5.75 Å². The van der Waals surface area contributed by atoms with Crippen LogP contribution in [0.5, 0.6) is 5.75 Å². The van der Waals surface area contributed by atoms with Crippen molar-refractivity contribution in [3.63, 3.8) is 0 Å². The highest BCUT2D eigenvalue weighted by atomic mass is 32.1. The molecule has 0 fully saturated rings. The van der Waals surface area contributed by atoms with Gasteiger partial charge in [0, 0.05) is 23.9 Å². The molecule has 0 atom stereocenters. The van der Waals surface area contributed by atoms with E-state index in [1.165, 1.54) is 4.88 Å². The molecule has 1 N–H and O–H groups in total. The Labute approximate surface area is 117 Å². The number of hydrogen-bond acceptors (Lipinski definition) is 5. The first-order valence-corrected chi connectivity index (χ1v) is 7.38. The Kier molecular flexibility index (Phi) is 5.15. The predicted octanol–water partition coefficient (Wildman–Crippen LogP) is 3.29. The second-order valence-corrected chi connectivity index (χ2v) is 5.23. The van der Waals surface area contributed by atoms with Crippen molar-refractivity contribution in [1.82, 2.24) is 9.97 Å². The van der Waals surface area contributed by atoms with E-state index in [0.29, 0.717) is 6.61 Å². The molecule has 2 heterocycles. The van der Waals surface area contributed by atoms with Gasteiger partial charge in [0.05, 0.1) is 35.9 Å². The van der Waals surface area contributed by atoms with Gasteiger partial charge in [0.2, 0.25) is 0 Å². The van der Waals surface area contributed by atoms with Crippen LogP contribution in [0.15, 0.2) is 24.0 Å². The summed E-state index contributed by atoms with van der Waals surface area (Å²) in [5, 5.41) is 3.30.